The molecule has 4 aromatic carbocycles. The number of fused-ring (bicyclic) bond motifs is 1. The topological polar surface area (TPSA) is 84.8 Å². The Morgan fingerprint density at radius 1 is 0.897 bits per heavy atom. The van der Waals surface area contributed by atoms with Crippen molar-refractivity contribution >= 4 is 27.2 Å². The van der Waals surface area contributed by atoms with Gasteiger partial charge >= 0.3 is 0 Å². The van der Waals surface area contributed by atoms with E-state index in [1.807, 2.05) is 68.4 Å². The Bertz CT molecular complexity index is 1680. The molecule has 5 rings (SSSR count). The highest BCUT2D eigenvalue weighted by Crippen LogP contribution is 2.32. The third-order valence-electron chi connectivity index (χ3n) is 6.71. The molecule has 1 aliphatic rings. The first kappa shape index (κ1) is 26.4. The molecule has 0 amide bonds. The fourth-order valence-corrected chi connectivity index (χ4v) is 6.23. The van der Waals surface area contributed by atoms with Crippen molar-refractivity contribution in [1.82, 2.24) is 0 Å². The number of ether oxygens (including phenoxy) is 1. The quantitative estimate of drug-likeness (QED) is 0.258. The minimum atomic E-state index is -3.92. The molecule has 0 spiro atoms. The minimum absolute atomic E-state index is 0.0939. The first-order chi connectivity index (χ1) is 18.6. The molecule has 0 unspecified atom stereocenters. The van der Waals surface area contributed by atoms with Gasteiger partial charge in [-0.2, -0.15) is 0 Å². The summed E-state index contributed by atoms with van der Waals surface area (Å²) < 4.78 is 34.9. The lowest BCUT2D eigenvalue weighted by atomic mass is 9.85. The number of ketones is 1. The van der Waals surface area contributed by atoms with Gasteiger partial charge in [0.25, 0.3) is 10.0 Å². The van der Waals surface area contributed by atoms with Gasteiger partial charge in [0, 0.05) is 22.4 Å². The fourth-order valence-electron chi connectivity index (χ4n) is 4.95. The molecule has 1 N–H and O–H groups in total. The molecule has 1 heterocycles. The van der Waals surface area contributed by atoms with E-state index in [1.54, 1.807) is 49.6 Å². The molecule has 0 saturated carbocycles. The molecule has 4 aromatic rings. The van der Waals surface area contributed by atoms with Crippen molar-refractivity contribution in [2.45, 2.75) is 37.1 Å². The number of sulfonamides is 1. The van der Waals surface area contributed by atoms with E-state index in [2.05, 4.69) is 4.72 Å². The largest absolute Gasteiger partial charge is 0.497 e. The second-order valence-electron chi connectivity index (χ2n) is 10.2. The minimum Gasteiger partial charge on any atom is -0.497 e. The van der Waals surface area contributed by atoms with Gasteiger partial charge in [-0.1, -0.05) is 66.7 Å². The number of rotatable bonds is 8. The Kier molecular flexibility index (Phi) is 7.10. The standard InChI is InChI=1S/C32H30N2O4S/c1-32(2)21-24-16-17-26(38-3)19-28(24)29(33-32)20-30(35)23-12-9-13-25(18-23)34-39(36,37)31-15-8-7-14-27(31)22-10-5-4-6-11-22/h4-19,34H,20-21H2,1-3H3. The van der Waals surface area contributed by atoms with Crippen molar-refractivity contribution in [1.29, 1.82) is 0 Å². The molecule has 0 fully saturated rings. The molecule has 39 heavy (non-hydrogen) atoms. The highest BCUT2D eigenvalue weighted by Gasteiger charge is 2.28. The van der Waals surface area contributed by atoms with E-state index in [4.69, 9.17) is 9.73 Å². The van der Waals surface area contributed by atoms with Gasteiger partial charge < -0.3 is 4.74 Å². The number of hydrogen-bond acceptors (Lipinski definition) is 5. The van der Waals surface area contributed by atoms with Crippen LogP contribution < -0.4 is 9.46 Å². The van der Waals surface area contributed by atoms with Crippen LogP contribution in [0.2, 0.25) is 0 Å². The van der Waals surface area contributed by atoms with Gasteiger partial charge in [-0.3, -0.25) is 14.5 Å². The highest BCUT2D eigenvalue weighted by atomic mass is 32.2. The third-order valence-corrected chi connectivity index (χ3v) is 8.15. The molecule has 1 aliphatic heterocycles. The highest BCUT2D eigenvalue weighted by molar-refractivity contribution is 7.92. The van der Waals surface area contributed by atoms with Crippen LogP contribution in [0.3, 0.4) is 0 Å². The molecular weight excluding hydrogens is 508 g/mol. The van der Waals surface area contributed by atoms with Crippen LogP contribution in [0.5, 0.6) is 5.75 Å². The number of methoxy groups -OCH3 is 1. The zero-order valence-corrected chi connectivity index (χ0v) is 23.0. The zero-order chi connectivity index (χ0) is 27.6. The van der Waals surface area contributed by atoms with Crippen molar-refractivity contribution < 1.29 is 17.9 Å². The number of Topliss-reactive ketones (excluding diaryl/α,β-unsaturated/α-hetero) is 1. The molecule has 0 saturated heterocycles. The van der Waals surface area contributed by atoms with Crippen LogP contribution >= 0.6 is 0 Å². The average Bonchev–Trinajstić information content (AvgIpc) is 2.92. The van der Waals surface area contributed by atoms with Crippen LogP contribution in [0.25, 0.3) is 11.1 Å². The van der Waals surface area contributed by atoms with Crippen LogP contribution in [0.4, 0.5) is 5.69 Å². The maximum Gasteiger partial charge on any atom is 0.262 e. The van der Waals surface area contributed by atoms with Gasteiger partial charge in [-0.15, -0.1) is 0 Å². The molecule has 7 heteroatoms. The van der Waals surface area contributed by atoms with Crippen molar-refractivity contribution in [3.05, 3.63) is 114 Å². The summed E-state index contributed by atoms with van der Waals surface area (Å²) in [6, 6.07) is 28.7. The number of benzene rings is 4. The lowest BCUT2D eigenvalue weighted by Gasteiger charge is -2.29. The first-order valence-electron chi connectivity index (χ1n) is 12.7. The van der Waals surface area contributed by atoms with Crippen LogP contribution in [0, 0.1) is 0 Å². The first-order valence-corrected chi connectivity index (χ1v) is 14.2. The number of nitrogens with zero attached hydrogens (tertiary/aromatic N) is 1. The summed E-state index contributed by atoms with van der Waals surface area (Å²) in [6.07, 6.45) is 0.863. The van der Waals surface area contributed by atoms with Crippen molar-refractivity contribution in [2.75, 3.05) is 11.8 Å². The molecule has 0 radical (unpaired) electrons. The van der Waals surface area contributed by atoms with Crippen molar-refractivity contribution in [2.24, 2.45) is 4.99 Å². The molecule has 0 aliphatic carbocycles. The molecule has 6 nitrogen and oxygen atoms in total. The van der Waals surface area contributed by atoms with E-state index in [0.29, 0.717) is 28.3 Å². The number of hydrogen-bond donors (Lipinski definition) is 1. The molecule has 0 bridgehead atoms. The molecule has 0 atom stereocenters. The third kappa shape index (κ3) is 5.78. The van der Waals surface area contributed by atoms with Crippen LogP contribution in [0.15, 0.2) is 107 Å². The van der Waals surface area contributed by atoms with Gasteiger partial charge in [0.2, 0.25) is 0 Å². The maximum atomic E-state index is 13.4. The lowest BCUT2D eigenvalue weighted by Crippen LogP contribution is -2.30. The SMILES string of the molecule is COc1ccc2c(c1)C(CC(=O)c1cccc(NS(=O)(=O)c3ccccc3-c3ccccc3)c1)=NC(C)(C)C2. The van der Waals surface area contributed by atoms with Gasteiger partial charge in [0.05, 0.1) is 29.7 Å². The number of carbonyl (C=O) groups excluding carboxylic acids is 1. The predicted octanol–water partition coefficient (Wildman–Crippen LogP) is 6.56. The van der Waals surface area contributed by atoms with Gasteiger partial charge in [0.15, 0.2) is 5.78 Å². The molecule has 198 valence electrons. The Balaban J connectivity index is 1.41. The number of carbonyl (C=O) groups is 1. The van der Waals surface area contributed by atoms with Crippen LogP contribution in [0.1, 0.15) is 41.8 Å². The monoisotopic (exact) mass is 538 g/mol. The average molecular weight is 539 g/mol. The summed E-state index contributed by atoms with van der Waals surface area (Å²) in [4.78, 5) is 18.5. The Morgan fingerprint density at radius 3 is 2.41 bits per heavy atom. The number of aliphatic imine (C=N–C) groups is 1. The molecular formula is C32H30N2O4S. The summed E-state index contributed by atoms with van der Waals surface area (Å²) >= 11 is 0. The smallest absolute Gasteiger partial charge is 0.262 e. The maximum absolute atomic E-state index is 13.4. The Labute approximate surface area is 229 Å². The second kappa shape index (κ2) is 10.5. The lowest BCUT2D eigenvalue weighted by molar-refractivity contribution is 0.100. The summed E-state index contributed by atoms with van der Waals surface area (Å²) in [6.45, 7) is 4.10. The number of anilines is 1. The Morgan fingerprint density at radius 2 is 1.64 bits per heavy atom. The van der Waals surface area contributed by atoms with E-state index in [1.165, 1.54) is 0 Å². The van der Waals surface area contributed by atoms with Gasteiger partial charge in [-0.25, -0.2) is 8.42 Å². The van der Waals surface area contributed by atoms with E-state index in [-0.39, 0.29) is 22.6 Å². The van der Waals surface area contributed by atoms with E-state index < -0.39 is 10.0 Å². The van der Waals surface area contributed by atoms with Crippen LogP contribution in [-0.2, 0) is 16.4 Å². The zero-order valence-electron chi connectivity index (χ0n) is 22.1. The van der Waals surface area contributed by atoms with Crippen molar-refractivity contribution in [3.8, 4) is 16.9 Å². The predicted molar refractivity (Wildman–Crippen MR) is 155 cm³/mol. The fraction of sp³-hybridized carbons (Fsp3) is 0.188. The summed E-state index contributed by atoms with van der Waals surface area (Å²) in [5.41, 5.74) is 4.53. The van der Waals surface area contributed by atoms with E-state index in [9.17, 15) is 13.2 Å². The van der Waals surface area contributed by atoms with E-state index >= 15 is 0 Å². The summed E-state index contributed by atoms with van der Waals surface area (Å²) in [5, 5.41) is 0. The van der Waals surface area contributed by atoms with E-state index in [0.717, 1.165) is 23.1 Å². The second-order valence-corrected chi connectivity index (χ2v) is 11.9. The summed E-state index contributed by atoms with van der Waals surface area (Å²) in [7, 11) is -2.31. The normalized spacial score (nSPS) is 14.2. The van der Waals surface area contributed by atoms with Gasteiger partial charge in [-0.05, 0) is 61.7 Å². The van der Waals surface area contributed by atoms with Gasteiger partial charge in [0.1, 0.15) is 5.75 Å². The number of nitrogens with one attached hydrogen (secondary N) is 1. The van der Waals surface area contributed by atoms with Crippen LogP contribution in [-0.4, -0.2) is 32.6 Å². The molecule has 0 aromatic heterocycles. The Hall–Kier alpha value is -4.23. The summed E-state index contributed by atoms with van der Waals surface area (Å²) in [5.74, 6) is 0.562. The van der Waals surface area contributed by atoms with Crippen molar-refractivity contribution in [3.63, 3.8) is 0 Å².